The van der Waals surface area contributed by atoms with Crippen molar-refractivity contribution in [3.63, 3.8) is 0 Å². The van der Waals surface area contributed by atoms with E-state index < -0.39 is 0 Å². The molecule has 0 bridgehead atoms. The monoisotopic (exact) mass is 188 g/mol. The van der Waals surface area contributed by atoms with Gasteiger partial charge in [-0.2, -0.15) is 0 Å². The summed E-state index contributed by atoms with van der Waals surface area (Å²) >= 11 is 0. The third-order valence-corrected chi connectivity index (χ3v) is 2.28. The highest BCUT2D eigenvalue weighted by Crippen LogP contribution is 2.17. The average molecular weight is 188 g/mol. The smallest absolute Gasteiger partial charge is 0.102 e. The minimum Gasteiger partial charge on any atom is -0.102 e. The molecule has 3 heteroatoms. The maximum absolute atomic E-state index is 4.19. The quantitative estimate of drug-likeness (QED) is 0.638. The molecule has 0 saturated heterocycles. The molecule has 0 N–H and O–H groups in total. The maximum Gasteiger partial charge on any atom is 0.225 e. The Hall–Kier alpha value is -1.51. The summed E-state index contributed by atoms with van der Waals surface area (Å²) < 4.78 is 1.84. The molecule has 1 aromatic carbocycles. The molecule has 0 saturated carbocycles. The largest absolute Gasteiger partial charge is 0.225 e. The molecule has 1 unspecified atom stereocenters. The molecule has 2 rings (SSSR count). The molecule has 14 heavy (non-hydrogen) atoms. The van der Waals surface area contributed by atoms with Gasteiger partial charge in [-0.25, -0.2) is 0 Å². The van der Waals surface area contributed by atoms with Crippen molar-refractivity contribution in [3.8, 4) is 0 Å². The topological polar surface area (TPSA) is 27.7 Å². The van der Waals surface area contributed by atoms with Gasteiger partial charge in [-0.05, 0) is 12.1 Å². The Labute approximate surface area is 83.8 Å². The molecular formula is C11H14N3+. The van der Waals surface area contributed by atoms with E-state index in [2.05, 4.69) is 30.4 Å². The summed E-state index contributed by atoms with van der Waals surface area (Å²) in [4.78, 5) is 0. The maximum atomic E-state index is 4.19. The predicted octanol–water partition coefficient (Wildman–Crippen LogP) is 2.81. The molecular weight excluding hydrogens is 174 g/mol. The third kappa shape index (κ3) is 1.71. The van der Waals surface area contributed by atoms with Crippen LogP contribution in [-0.2, 0) is 0 Å². The van der Waals surface area contributed by atoms with Gasteiger partial charge >= 0.3 is 0 Å². The lowest BCUT2D eigenvalue weighted by molar-refractivity contribution is -0.444. The standard InChI is InChI=1S/C11H14N3/c1-9(2)11-8-14(13-12-11)10-6-4-3-5-7-10/h3-9,11H,1-2H3/q+1. The van der Waals surface area contributed by atoms with Gasteiger partial charge in [0.05, 0.1) is 0 Å². The zero-order valence-electron chi connectivity index (χ0n) is 8.46. The SMILES string of the molecule is CC(C)C1C=[N+](c2ccccc2)N=N1. The Morgan fingerprint density at radius 1 is 1.21 bits per heavy atom. The number of rotatable bonds is 2. The minimum atomic E-state index is 0.218. The Morgan fingerprint density at radius 2 is 1.93 bits per heavy atom. The molecule has 1 aliphatic heterocycles. The van der Waals surface area contributed by atoms with Crippen LogP contribution in [-0.4, -0.2) is 16.9 Å². The fourth-order valence-electron chi connectivity index (χ4n) is 1.34. The first kappa shape index (κ1) is 9.06. The van der Waals surface area contributed by atoms with Crippen LogP contribution in [0.25, 0.3) is 0 Å². The van der Waals surface area contributed by atoms with Crippen molar-refractivity contribution in [2.24, 2.45) is 16.3 Å². The molecule has 0 fully saturated rings. The average Bonchev–Trinajstić information content (AvgIpc) is 2.68. The first-order valence-corrected chi connectivity index (χ1v) is 4.87. The molecule has 0 aliphatic carbocycles. The van der Waals surface area contributed by atoms with Crippen molar-refractivity contribution in [1.29, 1.82) is 0 Å². The number of para-hydroxylation sites is 1. The Morgan fingerprint density at radius 3 is 2.50 bits per heavy atom. The van der Waals surface area contributed by atoms with E-state index in [1.807, 2.05) is 35.0 Å². The van der Waals surface area contributed by atoms with E-state index >= 15 is 0 Å². The number of hydrogen-bond acceptors (Lipinski definition) is 2. The van der Waals surface area contributed by atoms with Crippen molar-refractivity contribution in [2.75, 3.05) is 0 Å². The Kier molecular flexibility index (Phi) is 2.39. The normalized spacial score (nSPS) is 20.2. The molecule has 1 heterocycles. The van der Waals surface area contributed by atoms with Gasteiger partial charge in [-0.15, -0.1) is 4.68 Å². The van der Waals surface area contributed by atoms with E-state index in [0.717, 1.165) is 5.69 Å². The highest BCUT2D eigenvalue weighted by atomic mass is 15.5. The van der Waals surface area contributed by atoms with Crippen LogP contribution in [0.3, 0.4) is 0 Å². The summed E-state index contributed by atoms with van der Waals surface area (Å²) in [6.07, 6.45) is 2.06. The summed E-state index contributed by atoms with van der Waals surface area (Å²) in [5, 5.41) is 8.30. The summed E-state index contributed by atoms with van der Waals surface area (Å²) in [5.74, 6) is 0.507. The van der Waals surface area contributed by atoms with Gasteiger partial charge in [0.25, 0.3) is 0 Å². The van der Waals surface area contributed by atoms with Crippen molar-refractivity contribution >= 4 is 11.9 Å². The van der Waals surface area contributed by atoms with Gasteiger partial charge in [0, 0.05) is 11.0 Å². The summed E-state index contributed by atoms with van der Waals surface area (Å²) in [6.45, 7) is 4.30. The predicted molar refractivity (Wildman–Crippen MR) is 55.9 cm³/mol. The van der Waals surface area contributed by atoms with Crippen LogP contribution in [0.15, 0.2) is 40.7 Å². The van der Waals surface area contributed by atoms with Gasteiger partial charge in [0.2, 0.25) is 6.04 Å². The highest BCUT2D eigenvalue weighted by molar-refractivity contribution is 5.62. The molecule has 1 atom stereocenters. The Balaban J connectivity index is 2.24. The van der Waals surface area contributed by atoms with E-state index in [9.17, 15) is 0 Å². The van der Waals surface area contributed by atoms with Crippen LogP contribution < -0.4 is 0 Å². The summed E-state index contributed by atoms with van der Waals surface area (Å²) in [5.41, 5.74) is 1.07. The van der Waals surface area contributed by atoms with Crippen molar-refractivity contribution in [1.82, 2.24) is 0 Å². The molecule has 0 radical (unpaired) electrons. The van der Waals surface area contributed by atoms with E-state index in [0.29, 0.717) is 5.92 Å². The fourth-order valence-corrected chi connectivity index (χ4v) is 1.34. The molecule has 72 valence electrons. The van der Waals surface area contributed by atoms with Crippen molar-refractivity contribution < 1.29 is 4.68 Å². The summed E-state index contributed by atoms with van der Waals surface area (Å²) in [7, 11) is 0. The van der Waals surface area contributed by atoms with Crippen LogP contribution in [0.4, 0.5) is 5.69 Å². The summed E-state index contributed by atoms with van der Waals surface area (Å²) in [6, 6.07) is 10.3. The van der Waals surface area contributed by atoms with Crippen LogP contribution in [0.2, 0.25) is 0 Å². The number of benzene rings is 1. The van der Waals surface area contributed by atoms with Crippen LogP contribution >= 0.6 is 0 Å². The van der Waals surface area contributed by atoms with E-state index in [1.54, 1.807) is 0 Å². The first-order valence-electron chi connectivity index (χ1n) is 4.87. The lowest BCUT2D eigenvalue weighted by Crippen LogP contribution is -2.13. The van der Waals surface area contributed by atoms with Crippen molar-refractivity contribution in [2.45, 2.75) is 19.9 Å². The second-order valence-corrected chi connectivity index (χ2v) is 3.77. The van der Waals surface area contributed by atoms with Crippen molar-refractivity contribution in [3.05, 3.63) is 30.3 Å². The number of hydrogen-bond donors (Lipinski definition) is 0. The first-order chi connectivity index (χ1) is 6.77. The highest BCUT2D eigenvalue weighted by Gasteiger charge is 2.25. The van der Waals surface area contributed by atoms with Crippen LogP contribution in [0, 0.1) is 5.92 Å². The van der Waals surface area contributed by atoms with Crippen LogP contribution in [0.1, 0.15) is 13.8 Å². The number of nitrogens with zero attached hydrogens (tertiary/aromatic N) is 3. The zero-order valence-corrected chi connectivity index (χ0v) is 8.46. The van der Waals surface area contributed by atoms with Gasteiger partial charge in [-0.1, -0.05) is 32.0 Å². The van der Waals surface area contributed by atoms with E-state index in [1.165, 1.54) is 0 Å². The second-order valence-electron chi connectivity index (χ2n) is 3.77. The zero-order chi connectivity index (χ0) is 9.97. The van der Waals surface area contributed by atoms with Gasteiger partial charge in [-0.3, -0.25) is 0 Å². The van der Waals surface area contributed by atoms with Gasteiger partial charge < -0.3 is 0 Å². The third-order valence-electron chi connectivity index (χ3n) is 2.28. The molecule has 1 aromatic rings. The van der Waals surface area contributed by atoms with Crippen LogP contribution in [0.5, 0.6) is 0 Å². The van der Waals surface area contributed by atoms with E-state index in [-0.39, 0.29) is 6.04 Å². The lowest BCUT2D eigenvalue weighted by Gasteiger charge is -1.97. The second kappa shape index (κ2) is 3.70. The van der Waals surface area contributed by atoms with Gasteiger partial charge in [0.15, 0.2) is 5.69 Å². The van der Waals surface area contributed by atoms with Gasteiger partial charge in [0.1, 0.15) is 11.4 Å². The fraction of sp³-hybridized carbons (Fsp3) is 0.364. The Bertz CT molecular complexity index is 365. The molecule has 1 aliphatic rings. The molecule has 0 amide bonds. The molecule has 3 nitrogen and oxygen atoms in total. The molecule has 0 aromatic heterocycles. The lowest BCUT2D eigenvalue weighted by atomic mass is 10.1. The molecule has 0 spiro atoms. The van der Waals surface area contributed by atoms with E-state index in [4.69, 9.17) is 0 Å². The minimum absolute atomic E-state index is 0.218.